The molecule has 0 atom stereocenters. The van der Waals surface area contributed by atoms with Crippen LogP contribution in [-0.4, -0.2) is 21.1 Å². The molecule has 0 spiro atoms. The Balaban J connectivity index is 2.38. The van der Waals surface area contributed by atoms with Crippen molar-refractivity contribution in [3.05, 3.63) is 12.7 Å². The van der Waals surface area contributed by atoms with Crippen LogP contribution < -0.4 is 0 Å². The second-order valence-corrected chi connectivity index (χ2v) is 1.66. The van der Waals surface area contributed by atoms with Crippen LogP contribution in [0.4, 0.5) is 0 Å². The minimum Gasteiger partial charge on any atom is -0.320 e. The van der Waals surface area contributed by atoms with E-state index < -0.39 is 0 Å². The van der Waals surface area contributed by atoms with E-state index in [0.29, 0.717) is 13.0 Å². The van der Waals surface area contributed by atoms with Gasteiger partial charge in [-0.2, -0.15) is 0 Å². The number of nitrogens with zero attached hydrogens (tertiary/aromatic N) is 3. The summed E-state index contributed by atoms with van der Waals surface area (Å²) in [6, 6.07) is 0. The quantitative estimate of drug-likeness (QED) is 0.528. The molecule has 0 saturated carbocycles. The molecule has 0 N–H and O–H groups in total. The Morgan fingerprint density at radius 1 is 1.44 bits per heavy atom. The van der Waals surface area contributed by atoms with Crippen molar-refractivity contribution in [3.8, 4) is 0 Å². The van der Waals surface area contributed by atoms with Crippen molar-refractivity contribution in [2.45, 2.75) is 13.0 Å². The fraction of sp³-hybridized carbons (Fsp3) is 0.400. The maximum absolute atomic E-state index is 9.85. The van der Waals surface area contributed by atoms with Crippen LogP contribution in [-0.2, 0) is 11.3 Å². The molecule has 0 unspecified atom stereocenters. The smallest absolute Gasteiger partial charge is 0.121 e. The summed E-state index contributed by atoms with van der Waals surface area (Å²) in [4.78, 5) is 9.85. The molecule has 1 rings (SSSR count). The number of carbonyl (C=O) groups is 1. The number of carbonyl (C=O) groups excluding carboxylic acids is 1. The van der Waals surface area contributed by atoms with E-state index in [2.05, 4.69) is 10.2 Å². The van der Waals surface area contributed by atoms with Gasteiger partial charge in [-0.3, -0.25) is 0 Å². The highest BCUT2D eigenvalue weighted by atomic mass is 16.1. The Hall–Kier alpha value is -1.19. The third kappa shape index (κ3) is 1.64. The maximum Gasteiger partial charge on any atom is 0.121 e. The molecule has 1 aromatic rings. The van der Waals surface area contributed by atoms with E-state index in [0.717, 1.165) is 6.29 Å². The Kier molecular flexibility index (Phi) is 1.95. The van der Waals surface area contributed by atoms with Gasteiger partial charge in [0.1, 0.15) is 18.9 Å². The van der Waals surface area contributed by atoms with Crippen molar-refractivity contribution >= 4 is 6.29 Å². The van der Waals surface area contributed by atoms with Gasteiger partial charge in [0.15, 0.2) is 0 Å². The van der Waals surface area contributed by atoms with Crippen molar-refractivity contribution in [3.63, 3.8) is 0 Å². The van der Waals surface area contributed by atoms with Crippen molar-refractivity contribution in [2.24, 2.45) is 0 Å². The minimum atomic E-state index is 0.526. The molecule has 4 heteroatoms. The Morgan fingerprint density at radius 3 is 2.67 bits per heavy atom. The van der Waals surface area contributed by atoms with Gasteiger partial charge in [-0.1, -0.05) is 0 Å². The van der Waals surface area contributed by atoms with Gasteiger partial charge in [0.05, 0.1) is 0 Å². The Morgan fingerprint density at radius 2 is 2.11 bits per heavy atom. The fourth-order valence-electron chi connectivity index (χ4n) is 0.539. The predicted molar refractivity (Wildman–Crippen MR) is 30.7 cm³/mol. The summed E-state index contributed by atoms with van der Waals surface area (Å²) in [5.74, 6) is 0. The second-order valence-electron chi connectivity index (χ2n) is 1.66. The van der Waals surface area contributed by atoms with Gasteiger partial charge in [-0.05, 0) is 0 Å². The summed E-state index contributed by atoms with van der Waals surface area (Å²) in [7, 11) is 0. The Bertz CT molecular complexity index is 170. The molecule has 9 heavy (non-hydrogen) atoms. The van der Waals surface area contributed by atoms with Crippen LogP contribution in [0.3, 0.4) is 0 Å². The SMILES string of the molecule is O=CCCn1cnnc1. The second kappa shape index (κ2) is 2.96. The molecule has 1 heterocycles. The van der Waals surface area contributed by atoms with Gasteiger partial charge < -0.3 is 9.36 Å². The molecule has 4 nitrogen and oxygen atoms in total. The molecule has 0 aromatic carbocycles. The maximum atomic E-state index is 9.85. The summed E-state index contributed by atoms with van der Waals surface area (Å²) < 4.78 is 1.76. The summed E-state index contributed by atoms with van der Waals surface area (Å²) in [6.45, 7) is 0.677. The third-order valence-corrected chi connectivity index (χ3v) is 0.972. The van der Waals surface area contributed by atoms with Crippen LogP contribution >= 0.6 is 0 Å². The predicted octanol–water partition coefficient (Wildman–Crippen LogP) is -0.133. The molecule has 0 aliphatic carbocycles. The standard InChI is InChI=1S/C5H7N3O/c9-3-1-2-8-4-6-7-5-8/h3-5H,1-2H2. The van der Waals surface area contributed by atoms with Crippen molar-refractivity contribution in [1.82, 2.24) is 14.8 Å². The van der Waals surface area contributed by atoms with E-state index in [1.165, 1.54) is 0 Å². The molecule has 0 radical (unpaired) electrons. The van der Waals surface area contributed by atoms with E-state index in [1.54, 1.807) is 17.2 Å². The summed E-state index contributed by atoms with van der Waals surface area (Å²) in [5.41, 5.74) is 0. The molecule has 1 aromatic heterocycles. The zero-order valence-corrected chi connectivity index (χ0v) is 4.90. The van der Waals surface area contributed by atoms with Gasteiger partial charge in [0.2, 0.25) is 0 Å². The number of rotatable bonds is 3. The van der Waals surface area contributed by atoms with E-state index in [-0.39, 0.29) is 0 Å². The Labute approximate surface area is 52.5 Å². The molecule has 0 bridgehead atoms. The average molecular weight is 125 g/mol. The minimum absolute atomic E-state index is 0.526. The van der Waals surface area contributed by atoms with Crippen molar-refractivity contribution in [2.75, 3.05) is 0 Å². The number of aldehydes is 1. The van der Waals surface area contributed by atoms with Crippen LogP contribution in [0.1, 0.15) is 6.42 Å². The van der Waals surface area contributed by atoms with Crippen LogP contribution in [0, 0.1) is 0 Å². The first-order chi connectivity index (χ1) is 4.43. The highest BCUT2D eigenvalue weighted by Gasteiger charge is 1.86. The highest BCUT2D eigenvalue weighted by Crippen LogP contribution is 1.83. The van der Waals surface area contributed by atoms with E-state index >= 15 is 0 Å². The lowest BCUT2D eigenvalue weighted by Crippen LogP contribution is -1.93. The lowest BCUT2D eigenvalue weighted by molar-refractivity contribution is -0.108. The zero-order chi connectivity index (χ0) is 6.53. The van der Waals surface area contributed by atoms with Crippen LogP contribution in [0.5, 0.6) is 0 Å². The van der Waals surface area contributed by atoms with Gasteiger partial charge in [0, 0.05) is 13.0 Å². The number of aromatic nitrogens is 3. The van der Waals surface area contributed by atoms with E-state index in [1.807, 2.05) is 0 Å². The first-order valence-electron chi connectivity index (χ1n) is 2.69. The fourth-order valence-corrected chi connectivity index (χ4v) is 0.539. The zero-order valence-electron chi connectivity index (χ0n) is 4.90. The van der Waals surface area contributed by atoms with Crippen molar-refractivity contribution in [1.29, 1.82) is 0 Å². The largest absolute Gasteiger partial charge is 0.320 e. The van der Waals surface area contributed by atoms with Gasteiger partial charge in [-0.15, -0.1) is 10.2 Å². The summed E-state index contributed by atoms with van der Waals surface area (Å²) >= 11 is 0. The van der Waals surface area contributed by atoms with E-state index in [9.17, 15) is 4.79 Å². The van der Waals surface area contributed by atoms with Crippen molar-refractivity contribution < 1.29 is 4.79 Å². The molecule has 0 amide bonds. The molecular weight excluding hydrogens is 118 g/mol. The molecule has 0 fully saturated rings. The lowest BCUT2D eigenvalue weighted by Gasteiger charge is -1.91. The van der Waals surface area contributed by atoms with E-state index in [4.69, 9.17) is 0 Å². The summed E-state index contributed by atoms with van der Waals surface area (Å²) in [6.07, 6.45) is 4.57. The van der Waals surface area contributed by atoms with Crippen LogP contribution in [0.25, 0.3) is 0 Å². The highest BCUT2D eigenvalue weighted by molar-refractivity contribution is 5.48. The molecule has 0 aliphatic rings. The molecular formula is C5H7N3O. The third-order valence-electron chi connectivity index (χ3n) is 0.972. The normalized spacial score (nSPS) is 9.33. The monoisotopic (exact) mass is 125 g/mol. The number of aryl methyl sites for hydroxylation is 1. The van der Waals surface area contributed by atoms with Gasteiger partial charge in [0.25, 0.3) is 0 Å². The first kappa shape index (κ1) is 5.94. The topological polar surface area (TPSA) is 47.8 Å². The van der Waals surface area contributed by atoms with Gasteiger partial charge in [-0.25, -0.2) is 0 Å². The molecule has 48 valence electrons. The lowest BCUT2D eigenvalue weighted by atomic mass is 10.5. The first-order valence-corrected chi connectivity index (χ1v) is 2.69. The summed E-state index contributed by atoms with van der Waals surface area (Å²) in [5, 5.41) is 7.14. The van der Waals surface area contributed by atoms with Gasteiger partial charge >= 0.3 is 0 Å². The number of hydrogen-bond donors (Lipinski definition) is 0. The average Bonchev–Trinajstić information content (AvgIpc) is 2.34. The molecule has 0 aliphatic heterocycles. The molecule has 0 saturated heterocycles. The number of hydrogen-bond acceptors (Lipinski definition) is 3. The van der Waals surface area contributed by atoms with Crippen LogP contribution in [0.2, 0.25) is 0 Å². The van der Waals surface area contributed by atoms with Crippen LogP contribution in [0.15, 0.2) is 12.7 Å².